The first-order chi connectivity index (χ1) is 9.04. The topological polar surface area (TPSA) is 58.9 Å². The van der Waals surface area contributed by atoms with Gasteiger partial charge in [-0.2, -0.15) is 0 Å². The molecule has 1 aliphatic rings. The lowest BCUT2D eigenvalue weighted by Crippen LogP contribution is -2.18. The van der Waals surface area contributed by atoms with Crippen LogP contribution in [0.5, 0.6) is 5.75 Å². The highest BCUT2D eigenvalue weighted by molar-refractivity contribution is 7.48. The van der Waals surface area contributed by atoms with Crippen LogP contribution in [0, 0.1) is 0 Å². The van der Waals surface area contributed by atoms with Gasteiger partial charge >= 0.3 is 0 Å². The largest absolute Gasteiger partial charge is 0.446 e. The number of hydrogen-bond donors (Lipinski definition) is 2. The second-order valence-electron chi connectivity index (χ2n) is 5.11. The third-order valence-electron chi connectivity index (χ3n) is 3.25. The summed E-state index contributed by atoms with van der Waals surface area (Å²) >= 11 is 0. The van der Waals surface area contributed by atoms with Crippen molar-refractivity contribution in [1.82, 2.24) is 0 Å². The average molecular weight is 284 g/mol. The quantitative estimate of drug-likeness (QED) is 0.816. The maximum Gasteiger partial charge on any atom is 0.237 e. The molecule has 1 heterocycles. The Bertz CT molecular complexity index is 435. The molecule has 5 heteroatoms. The first-order valence-electron chi connectivity index (χ1n) is 6.56. The molecule has 4 nitrogen and oxygen atoms in total. The Balaban J connectivity index is 2.12. The summed E-state index contributed by atoms with van der Waals surface area (Å²) in [6.07, 6.45) is -0.841. The van der Waals surface area contributed by atoms with Crippen molar-refractivity contribution in [3.8, 4) is 5.75 Å². The van der Waals surface area contributed by atoms with Crippen LogP contribution in [-0.2, 0) is 4.52 Å². The molecule has 2 N–H and O–H groups in total. The predicted molar refractivity (Wildman–Crippen MR) is 75.5 cm³/mol. The lowest BCUT2D eigenvalue weighted by Gasteiger charge is -2.16. The van der Waals surface area contributed by atoms with E-state index < -0.39 is 14.5 Å². The summed E-state index contributed by atoms with van der Waals surface area (Å²) in [7, 11) is -1.08. The van der Waals surface area contributed by atoms with E-state index in [-0.39, 0.29) is 18.9 Å². The highest BCUT2D eigenvalue weighted by Crippen LogP contribution is 2.62. The minimum Gasteiger partial charge on any atom is -0.446 e. The number of para-hydroxylation sites is 1. The average Bonchev–Trinajstić information content (AvgIpc) is 2.72. The summed E-state index contributed by atoms with van der Waals surface area (Å²) in [6, 6.07) is 6.20. The van der Waals surface area contributed by atoms with Gasteiger partial charge < -0.3 is 19.3 Å². The van der Waals surface area contributed by atoms with E-state index in [1.54, 1.807) is 0 Å². The van der Waals surface area contributed by atoms with Crippen LogP contribution in [-0.4, -0.2) is 29.5 Å². The van der Waals surface area contributed by atoms with Gasteiger partial charge in [0.1, 0.15) is 11.9 Å². The Hall–Kier alpha value is -0.670. The summed E-state index contributed by atoms with van der Waals surface area (Å²) in [6.45, 7) is 6.17. The van der Waals surface area contributed by atoms with E-state index in [4.69, 9.17) is 14.2 Å². The maximum absolute atomic E-state index is 9.34. The fourth-order valence-electron chi connectivity index (χ4n) is 2.10. The number of aliphatic hydroxyl groups is 2. The van der Waals surface area contributed by atoms with Gasteiger partial charge in [0.25, 0.3) is 0 Å². The molecule has 19 heavy (non-hydrogen) atoms. The SMILES string of the molecule is CC(C)c1cccc2c1OP(OCC(O)CO)C2C. The fraction of sp³-hybridized carbons (Fsp3) is 0.571. The summed E-state index contributed by atoms with van der Waals surface area (Å²) in [5, 5.41) is 18.1. The first-order valence-corrected chi connectivity index (χ1v) is 7.81. The second kappa shape index (κ2) is 6.19. The minimum atomic E-state index is -1.08. The Morgan fingerprint density at radius 2 is 2.16 bits per heavy atom. The molecule has 1 aromatic carbocycles. The number of fused-ring (bicyclic) bond motifs is 1. The zero-order chi connectivity index (χ0) is 14.0. The Kier molecular flexibility index (Phi) is 4.80. The molecule has 0 amide bonds. The van der Waals surface area contributed by atoms with E-state index in [9.17, 15) is 5.11 Å². The van der Waals surface area contributed by atoms with Crippen LogP contribution in [0.2, 0.25) is 0 Å². The van der Waals surface area contributed by atoms with Gasteiger partial charge in [0.15, 0.2) is 0 Å². The van der Waals surface area contributed by atoms with Gasteiger partial charge in [-0.15, -0.1) is 0 Å². The van der Waals surface area contributed by atoms with Crippen molar-refractivity contribution in [2.45, 2.75) is 38.5 Å². The monoisotopic (exact) mass is 284 g/mol. The van der Waals surface area contributed by atoms with Crippen LogP contribution in [0.3, 0.4) is 0 Å². The Morgan fingerprint density at radius 1 is 1.42 bits per heavy atom. The van der Waals surface area contributed by atoms with Gasteiger partial charge in [0.2, 0.25) is 8.38 Å². The van der Waals surface area contributed by atoms with Crippen molar-refractivity contribution < 1.29 is 19.3 Å². The third kappa shape index (κ3) is 3.09. The molecule has 1 aromatic rings. The van der Waals surface area contributed by atoms with Crippen LogP contribution in [0.4, 0.5) is 0 Å². The van der Waals surface area contributed by atoms with Crippen molar-refractivity contribution in [3.63, 3.8) is 0 Å². The van der Waals surface area contributed by atoms with Gasteiger partial charge in [0, 0.05) is 5.56 Å². The lowest BCUT2D eigenvalue weighted by atomic mass is 9.98. The fourth-order valence-corrected chi connectivity index (χ4v) is 3.67. The third-order valence-corrected chi connectivity index (χ3v) is 4.93. The molecular formula is C14H21O4P. The van der Waals surface area contributed by atoms with E-state index in [0.717, 1.165) is 5.75 Å². The molecule has 1 aliphatic heterocycles. The zero-order valence-electron chi connectivity index (χ0n) is 11.5. The molecule has 0 bridgehead atoms. The molecule has 3 unspecified atom stereocenters. The summed E-state index contributed by atoms with van der Waals surface area (Å²) in [5.41, 5.74) is 2.56. The van der Waals surface area contributed by atoms with Gasteiger partial charge in [0.05, 0.1) is 18.9 Å². The number of benzene rings is 1. The van der Waals surface area contributed by atoms with E-state index in [2.05, 4.69) is 39.0 Å². The molecule has 0 spiro atoms. The minimum absolute atomic E-state index is 0.109. The Labute approximate surface area is 115 Å². The Morgan fingerprint density at radius 3 is 2.79 bits per heavy atom. The van der Waals surface area contributed by atoms with Crippen LogP contribution >= 0.6 is 8.38 Å². The normalized spacial score (nSPS) is 23.3. The molecule has 2 rings (SSSR count). The van der Waals surface area contributed by atoms with E-state index in [1.807, 2.05) is 0 Å². The molecule has 0 fully saturated rings. The van der Waals surface area contributed by atoms with Crippen molar-refractivity contribution in [2.24, 2.45) is 0 Å². The molecule has 0 saturated heterocycles. The maximum atomic E-state index is 9.34. The van der Waals surface area contributed by atoms with Gasteiger partial charge in [-0.1, -0.05) is 32.0 Å². The summed E-state index contributed by atoms with van der Waals surface area (Å²) < 4.78 is 11.6. The standard InChI is InChI=1S/C14H21O4P/c1-9(2)12-5-4-6-13-10(3)19(18-14(12)13)17-8-11(16)7-15/h4-6,9-11,15-16H,7-8H2,1-3H3. The summed E-state index contributed by atoms with van der Waals surface area (Å²) in [5.74, 6) is 1.34. The van der Waals surface area contributed by atoms with Crippen molar-refractivity contribution in [2.75, 3.05) is 13.2 Å². The van der Waals surface area contributed by atoms with Crippen LogP contribution in [0.25, 0.3) is 0 Å². The highest BCUT2D eigenvalue weighted by atomic mass is 31.2. The molecule has 0 saturated carbocycles. The van der Waals surface area contributed by atoms with Crippen LogP contribution in [0.1, 0.15) is 43.5 Å². The summed E-state index contributed by atoms with van der Waals surface area (Å²) in [4.78, 5) is 0. The van der Waals surface area contributed by atoms with E-state index in [0.29, 0.717) is 5.92 Å². The van der Waals surface area contributed by atoms with Gasteiger partial charge in [-0.25, -0.2) is 0 Å². The number of hydrogen-bond acceptors (Lipinski definition) is 4. The van der Waals surface area contributed by atoms with E-state index in [1.165, 1.54) is 11.1 Å². The second-order valence-corrected chi connectivity index (χ2v) is 6.89. The zero-order valence-corrected chi connectivity index (χ0v) is 12.4. The van der Waals surface area contributed by atoms with Crippen LogP contribution < -0.4 is 4.52 Å². The molecule has 0 aromatic heterocycles. The van der Waals surface area contributed by atoms with Crippen molar-refractivity contribution in [3.05, 3.63) is 29.3 Å². The van der Waals surface area contributed by atoms with Crippen molar-refractivity contribution >= 4 is 8.38 Å². The van der Waals surface area contributed by atoms with Crippen molar-refractivity contribution in [1.29, 1.82) is 0 Å². The molecule has 0 radical (unpaired) electrons. The highest BCUT2D eigenvalue weighted by Gasteiger charge is 2.35. The first kappa shape index (κ1) is 14.7. The lowest BCUT2D eigenvalue weighted by molar-refractivity contribution is 0.0545. The van der Waals surface area contributed by atoms with Crippen LogP contribution in [0.15, 0.2) is 18.2 Å². The van der Waals surface area contributed by atoms with E-state index >= 15 is 0 Å². The molecule has 0 aliphatic carbocycles. The predicted octanol–water partition coefficient (Wildman–Crippen LogP) is 2.95. The molecule has 106 valence electrons. The van der Waals surface area contributed by atoms with Gasteiger partial charge in [-0.3, -0.25) is 0 Å². The number of aliphatic hydroxyl groups excluding tert-OH is 2. The molecular weight excluding hydrogens is 263 g/mol. The number of rotatable bonds is 5. The smallest absolute Gasteiger partial charge is 0.237 e. The van der Waals surface area contributed by atoms with Gasteiger partial charge in [-0.05, 0) is 18.4 Å². The molecule has 3 atom stereocenters.